The lowest BCUT2D eigenvalue weighted by atomic mass is 10.0. The Hall–Kier alpha value is -1.91. The standard InChI is InChI=1S/C16H23N3O2/c1-12(18-13(2)20)16(21)19-11-5-3-4-6-15(19)14-7-9-17-10-8-14/h7-10,12,15H,3-6,11H2,1-2H3,(H,18,20). The number of hydrogen-bond acceptors (Lipinski definition) is 3. The molecule has 0 aromatic carbocycles. The second-order valence-corrected chi connectivity index (χ2v) is 5.60. The summed E-state index contributed by atoms with van der Waals surface area (Å²) < 4.78 is 0. The zero-order valence-electron chi connectivity index (χ0n) is 12.7. The average molecular weight is 289 g/mol. The number of rotatable bonds is 3. The lowest BCUT2D eigenvalue weighted by Gasteiger charge is -2.32. The molecule has 0 bridgehead atoms. The van der Waals surface area contributed by atoms with Crippen LogP contribution in [0.5, 0.6) is 0 Å². The van der Waals surface area contributed by atoms with Gasteiger partial charge in [0.05, 0.1) is 6.04 Å². The summed E-state index contributed by atoms with van der Waals surface area (Å²) in [7, 11) is 0. The second-order valence-electron chi connectivity index (χ2n) is 5.60. The monoisotopic (exact) mass is 289 g/mol. The number of aromatic nitrogens is 1. The zero-order chi connectivity index (χ0) is 15.2. The van der Waals surface area contributed by atoms with Crippen LogP contribution < -0.4 is 5.32 Å². The van der Waals surface area contributed by atoms with Gasteiger partial charge in [0, 0.05) is 25.9 Å². The number of pyridine rings is 1. The summed E-state index contributed by atoms with van der Waals surface area (Å²) in [5.41, 5.74) is 1.12. The lowest BCUT2D eigenvalue weighted by molar-refractivity contribution is -0.137. The summed E-state index contributed by atoms with van der Waals surface area (Å²) in [6.45, 7) is 3.93. The minimum absolute atomic E-state index is 0.00564. The third kappa shape index (κ3) is 4.03. The van der Waals surface area contributed by atoms with Crippen LogP contribution in [0.25, 0.3) is 0 Å². The Morgan fingerprint density at radius 2 is 2.00 bits per heavy atom. The van der Waals surface area contributed by atoms with E-state index in [4.69, 9.17) is 0 Å². The first-order valence-corrected chi connectivity index (χ1v) is 7.57. The van der Waals surface area contributed by atoms with Crippen LogP contribution in [-0.4, -0.2) is 34.3 Å². The smallest absolute Gasteiger partial charge is 0.245 e. The van der Waals surface area contributed by atoms with Gasteiger partial charge in [-0.1, -0.05) is 12.8 Å². The van der Waals surface area contributed by atoms with Crippen LogP contribution in [0.1, 0.15) is 51.1 Å². The minimum atomic E-state index is -0.482. The molecular formula is C16H23N3O2. The Kier molecular flexibility index (Phi) is 5.31. The van der Waals surface area contributed by atoms with Crippen molar-refractivity contribution in [2.75, 3.05) is 6.54 Å². The lowest BCUT2D eigenvalue weighted by Crippen LogP contribution is -2.47. The van der Waals surface area contributed by atoms with Gasteiger partial charge >= 0.3 is 0 Å². The van der Waals surface area contributed by atoms with E-state index in [1.54, 1.807) is 19.3 Å². The van der Waals surface area contributed by atoms with Gasteiger partial charge in [-0.05, 0) is 37.5 Å². The molecule has 0 aliphatic carbocycles. The van der Waals surface area contributed by atoms with Gasteiger partial charge in [-0.25, -0.2) is 0 Å². The molecule has 114 valence electrons. The van der Waals surface area contributed by atoms with E-state index in [0.29, 0.717) is 0 Å². The van der Waals surface area contributed by atoms with E-state index >= 15 is 0 Å². The average Bonchev–Trinajstić information content (AvgIpc) is 2.72. The number of nitrogens with zero attached hydrogens (tertiary/aromatic N) is 2. The Morgan fingerprint density at radius 3 is 2.67 bits per heavy atom. The maximum Gasteiger partial charge on any atom is 0.245 e. The molecular weight excluding hydrogens is 266 g/mol. The Morgan fingerprint density at radius 1 is 1.29 bits per heavy atom. The van der Waals surface area contributed by atoms with Gasteiger partial charge < -0.3 is 10.2 Å². The number of amides is 2. The maximum absolute atomic E-state index is 12.7. The highest BCUT2D eigenvalue weighted by molar-refractivity contribution is 5.86. The largest absolute Gasteiger partial charge is 0.345 e. The molecule has 21 heavy (non-hydrogen) atoms. The number of likely N-dealkylation sites (tertiary alicyclic amines) is 1. The molecule has 1 aliphatic rings. The van der Waals surface area contributed by atoms with Crippen molar-refractivity contribution in [3.63, 3.8) is 0 Å². The van der Waals surface area contributed by atoms with Gasteiger partial charge in [0.2, 0.25) is 11.8 Å². The molecule has 0 saturated carbocycles. The predicted octanol–water partition coefficient (Wildman–Crippen LogP) is 2.05. The molecule has 5 heteroatoms. The topological polar surface area (TPSA) is 62.3 Å². The summed E-state index contributed by atoms with van der Waals surface area (Å²) in [6.07, 6.45) is 7.76. The fourth-order valence-corrected chi connectivity index (χ4v) is 2.92. The summed E-state index contributed by atoms with van der Waals surface area (Å²) >= 11 is 0. The summed E-state index contributed by atoms with van der Waals surface area (Å²) in [5.74, 6) is -0.181. The van der Waals surface area contributed by atoms with Crippen molar-refractivity contribution < 1.29 is 9.59 Å². The highest BCUT2D eigenvalue weighted by Crippen LogP contribution is 2.30. The Bertz CT molecular complexity index is 490. The maximum atomic E-state index is 12.7. The van der Waals surface area contributed by atoms with Gasteiger partial charge in [0.15, 0.2) is 0 Å². The first kappa shape index (κ1) is 15.5. The first-order chi connectivity index (χ1) is 10.1. The van der Waals surface area contributed by atoms with Gasteiger partial charge in [0.25, 0.3) is 0 Å². The first-order valence-electron chi connectivity index (χ1n) is 7.57. The van der Waals surface area contributed by atoms with Crippen LogP contribution in [-0.2, 0) is 9.59 Å². The van der Waals surface area contributed by atoms with Crippen molar-refractivity contribution in [2.24, 2.45) is 0 Å². The third-order valence-electron chi connectivity index (χ3n) is 3.92. The zero-order valence-corrected chi connectivity index (χ0v) is 12.7. The predicted molar refractivity (Wildman–Crippen MR) is 80.4 cm³/mol. The molecule has 2 amide bonds. The van der Waals surface area contributed by atoms with E-state index < -0.39 is 6.04 Å². The number of nitrogens with one attached hydrogen (secondary N) is 1. The summed E-state index contributed by atoms with van der Waals surface area (Å²) in [5, 5.41) is 2.69. The molecule has 1 aliphatic heterocycles. The fourth-order valence-electron chi connectivity index (χ4n) is 2.92. The van der Waals surface area contributed by atoms with Crippen LogP contribution in [0.4, 0.5) is 0 Å². The molecule has 1 aromatic heterocycles. The molecule has 2 atom stereocenters. The quantitative estimate of drug-likeness (QED) is 0.926. The van der Waals surface area contributed by atoms with Crippen LogP contribution in [0, 0.1) is 0 Å². The number of carbonyl (C=O) groups is 2. The van der Waals surface area contributed by atoms with Crippen LogP contribution in [0.2, 0.25) is 0 Å². The second kappa shape index (κ2) is 7.20. The van der Waals surface area contributed by atoms with E-state index in [9.17, 15) is 9.59 Å². The normalized spacial score (nSPS) is 20.5. The molecule has 1 N–H and O–H groups in total. The van der Waals surface area contributed by atoms with Crippen LogP contribution >= 0.6 is 0 Å². The van der Waals surface area contributed by atoms with E-state index in [-0.39, 0.29) is 17.9 Å². The van der Waals surface area contributed by atoms with Crippen molar-refractivity contribution >= 4 is 11.8 Å². The molecule has 2 heterocycles. The van der Waals surface area contributed by atoms with E-state index in [1.165, 1.54) is 6.92 Å². The number of hydrogen-bond donors (Lipinski definition) is 1. The van der Waals surface area contributed by atoms with Gasteiger partial charge in [0.1, 0.15) is 6.04 Å². The van der Waals surface area contributed by atoms with E-state index in [1.807, 2.05) is 17.0 Å². The molecule has 0 spiro atoms. The van der Waals surface area contributed by atoms with Gasteiger partial charge in [-0.2, -0.15) is 0 Å². The van der Waals surface area contributed by atoms with Gasteiger partial charge in [-0.15, -0.1) is 0 Å². The van der Waals surface area contributed by atoms with Crippen molar-refractivity contribution in [3.05, 3.63) is 30.1 Å². The van der Waals surface area contributed by atoms with Crippen LogP contribution in [0.3, 0.4) is 0 Å². The number of carbonyl (C=O) groups excluding carboxylic acids is 2. The van der Waals surface area contributed by atoms with Crippen molar-refractivity contribution in [1.82, 2.24) is 15.2 Å². The van der Waals surface area contributed by atoms with Crippen molar-refractivity contribution in [2.45, 2.75) is 51.6 Å². The van der Waals surface area contributed by atoms with Crippen molar-refractivity contribution in [3.8, 4) is 0 Å². The van der Waals surface area contributed by atoms with Gasteiger partial charge in [-0.3, -0.25) is 14.6 Å². The molecule has 5 nitrogen and oxygen atoms in total. The SMILES string of the molecule is CC(=O)NC(C)C(=O)N1CCCCCC1c1ccncc1. The fraction of sp³-hybridized carbons (Fsp3) is 0.562. The van der Waals surface area contributed by atoms with E-state index in [2.05, 4.69) is 10.3 Å². The Labute approximate surface area is 125 Å². The minimum Gasteiger partial charge on any atom is -0.345 e. The molecule has 0 radical (unpaired) electrons. The third-order valence-corrected chi connectivity index (χ3v) is 3.92. The summed E-state index contributed by atoms with van der Waals surface area (Å²) in [6, 6.07) is 3.54. The van der Waals surface area contributed by atoms with E-state index in [0.717, 1.165) is 37.8 Å². The molecule has 1 saturated heterocycles. The highest BCUT2D eigenvalue weighted by Gasteiger charge is 2.29. The van der Waals surface area contributed by atoms with Crippen molar-refractivity contribution in [1.29, 1.82) is 0 Å². The molecule has 1 fully saturated rings. The summed E-state index contributed by atoms with van der Waals surface area (Å²) in [4.78, 5) is 29.8. The highest BCUT2D eigenvalue weighted by atomic mass is 16.2. The van der Waals surface area contributed by atoms with Crippen LogP contribution in [0.15, 0.2) is 24.5 Å². The molecule has 1 aromatic rings. The Balaban J connectivity index is 2.19. The molecule has 2 rings (SSSR count). The molecule has 2 unspecified atom stereocenters.